The molecule has 1 saturated heterocycles. The van der Waals surface area contributed by atoms with Crippen molar-refractivity contribution >= 4 is 6.09 Å². The Kier molecular flexibility index (Phi) is 4.62. The quantitative estimate of drug-likeness (QED) is 0.803. The van der Waals surface area contributed by atoms with Gasteiger partial charge in [-0.05, 0) is 52.4 Å². The van der Waals surface area contributed by atoms with E-state index in [4.69, 9.17) is 10.5 Å². The highest BCUT2D eigenvalue weighted by Gasteiger charge is 2.38. The fourth-order valence-electron chi connectivity index (χ4n) is 3.58. The van der Waals surface area contributed by atoms with Gasteiger partial charge in [-0.15, -0.1) is 0 Å². The van der Waals surface area contributed by atoms with Crippen LogP contribution in [0.5, 0.6) is 0 Å². The van der Waals surface area contributed by atoms with Crippen LogP contribution in [-0.2, 0) is 4.74 Å². The monoisotopic (exact) mass is 282 g/mol. The third-order valence-corrected chi connectivity index (χ3v) is 4.74. The van der Waals surface area contributed by atoms with Crippen LogP contribution in [0.4, 0.5) is 4.79 Å². The molecule has 0 radical (unpaired) electrons. The number of likely N-dealkylation sites (tertiary alicyclic amines) is 1. The van der Waals surface area contributed by atoms with E-state index in [1.807, 2.05) is 25.7 Å². The summed E-state index contributed by atoms with van der Waals surface area (Å²) in [4.78, 5) is 13.9. The number of amides is 1. The van der Waals surface area contributed by atoms with E-state index in [1.54, 1.807) is 0 Å². The number of rotatable bonds is 1. The molecule has 1 heterocycles. The summed E-state index contributed by atoms with van der Waals surface area (Å²) in [7, 11) is 0. The van der Waals surface area contributed by atoms with Crippen LogP contribution < -0.4 is 5.73 Å². The molecule has 116 valence electrons. The fraction of sp³-hybridized carbons (Fsp3) is 0.938. The number of piperidine rings is 1. The Morgan fingerprint density at radius 3 is 2.20 bits per heavy atom. The smallest absolute Gasteiger partial charge is 0.410 e. The maximum atomic E-state index is 12.0. The van der Waals surface area contributed by atoms with Gasteiger partial charge in [0.05, 0.1) is 0 Å². The SMILES string of the molecule is CC(C)(C)OC(=O)N1CCC(C2(N)CCCCC2)CC1. The van der Waals surface area contributed by atoms with Crippen LogP contribution in [-0.4, -0.2) is 35.2 Å². The van der Waals surface area contributed by atoms with Gasteiger partial charge in [-0.3, -0.25) is 0 Å². The zero-order chi connectivity index (χ0) is 14.8. The van der Waals surface area contributed by atoms with Gasteiger partial charge in [-0.25, -0.2) is 4.79 Å². The first-order valence-electron chi connectivity index (χ1n) is 8.07. The van der Waals surface area contributed by atoms with Crippen molar-refractivity contribution in [3.8, 4) is 0 Å². The highest BCUT2D eigenvalue weighted by atomic mass is 16.6. The van der Waals surface area contributed by atoms with Crippen molar-refractivity contribution in [3.63, 3.8) is 0 Å². The second kappa shape index (κ2) is 5.92. The summed E-state index contributed by atoms with van der Waals surface area (Å²) in [5, 5.41) is 0. The predicted molar refractivity (Wildman–Crippen MR) is 80.5 cm³/mol. The van der Waals surface area contributed by atoms with Gasteiger partial charge < -0.3 is 15.4 Å². The molecule has 0 spiro atoms. The molecule has 20 heavy (non-hydrogen) atoms. The van der Waals surface area contributed by atoms with Crippen molar-refractivity contribution in [1.82, 2.24) is 4.90 Å². The minimum atomic E-state index is -0.410. The van der Waals surface area contributed by atoms with Gasteiger partial charge in [0, 0.05) is 18.6 Å². The molecule has 0 aromatic carbocycles. The molecule has 0 bridgehead atoms. The van der Waals surface area contributed by atoms with E-state index in [0.29, 0.717) is 5.92 Å². The van der Waals surface area contributed by atoms with Gasteiger partial charge in [0.25, 0.3) is 0 Å². The van der Waals surface area contributed by atoms with Crippen LogP contribution in [0.25, 0.3) is 0 Å². The van der Waals surface area contributed by atoms with Crippen molar-refractivity contribution in [1.29, 1.82) is 0 Å². The first-order chi connectivity index (χ1) is 9.30. The van der Waals surface area contributed by atoms with Gasteiger partial charge in [0.2, 0.25) is 0 Å². The van der Waals surface area contributed by atoms with Crippen molar-refractivity contribution < 1.29 is 9.53 Å². The molecule has 2 rings (SSSR count). The number of nitrogens with zero attached hydrogens (tertiary/aromatic N) is 1. The second-order valence-corrected chi connectivity index (χ2v) is 7.54. The Hall–Kier alpha value is -0.770. The lowest BCUT2D eigenvalue weighted by atomic mass is 9.70. The molecule has 1 saturated carbocycles. The predicted octanol–water partition coefficient (Wildman–Crippen LogP) is 3.30. The van der Waals surface area contributed by atoms with E-state index in [2.05, 4.69) is 0 Å². The summed E-state index contributed by atoms with van der Waals surface area (Å²) in [6, 6.07) is 0. The highest BCUT2D eigenvalue weighted by Crippen LogP contribution is 2.37. The number of carbonyl (C=O) groups is 1. The highest BCUT2D eigenvalue weighted by molar-refractivity contribution is 5.68. The summed E-state index contributed by atoms with van der Waals surface area (Å²) in [5.41, 5.74) is 6.24. The summed E-state index contributed by atoms with van der Waals surface area (Å²) in [6.07, 6.45) is 8.05. The van der Waals surface area contributed by atoms with Crippen molar-refractivity contribution in [3.05, 3.63) is 0 Å². The summed E-state index contributed by atoms with van der Waals surface area (Å²) in [6.45, 7) is 7.31. The molecular weight excluding hydrogens is 252 g/mol. The van der Waals surface area contributed by atoms with Gasteiger partial charge in [0.15, 0.2) is 0 Å². The Balaban J connectivity index is 1.84. The summed E-state index contributed by atoms with van der Waals surface area (Å²) >= 11 is 0. The van der Waals surface area contributed by atoms with E-state index < -0.39 is 5.60 Å². The van der Waals surface area contributed by atoms with E-state index in [-0.39, 0.29) is 11.6 Å². The van der Waals surface area contributed by atoms with Crippen molar-refractivity contribution in [2.75, 3.05) is 13.1 Å². The number of hydrogen-bond acceptors (Lipinski definition) is 3. The molecule has 1 aliphatic carbocycles. The third-order valence-electron chi connectivity index (χ3n) is 4.74. The van der Waals surface area contributed by atoms with Crippen LogP contribution in [0.1, 0.15) is 65.7 Å². The average molecular weight is 282 g/mol. The number of ether oxygens (including phenoxy) is 1. The van der Waals surface area contributed by atoms with E-state index in [9.17, 15) is 4.79 Å². The molecule has 2 N–H and O–H groups in total. The normalized spacial score (nSPS) is 24.5. The zero-order valence-electron chi connectivity index (χ0n) is 13.3. The standard InChI is InChI=1S/C16H30N2O2/c1-15(2,3)20-14(19)18-11-7-13(8-12-18)16(17)9-5-4-6-10-16/h13H,4-12,17H2,1-3H3. The average Bonchev–Trinajstić information content (AvgIpc) is 2.38. The van der Waals surface area contributed by atoms with Gasteiger partial charge in [-0.1, -0.05) is 19.3 Å². The zero-order valence-corrected chi connectivity index (χ0v) is 13.3. The van der Waals surface area contributed by atoms with E-state index >= 15 is 0 Å². The lowest BCUT2D eigenvalue weighted by molar-refractivity contribution is 0.0129. The summed E-state index contributed by atoms with van der Waals surface area (Å²) < 4.78 is 5.44. The minimum absolute atomic E-state index is 0.0261. The van der Waals surface area contributed by atoms with Crippen molar-refractivity contribution in [2.45, 2.75) is 76.9 Å². The fourth-order valence-corrected chi connectivity index (χ4v) is 3.58. The van der Waals surface area contributed by atoms with Crippen LogP contribution in [0.15, 0.2) is 0 Å². The Bertz CT molecular complexity index is 335. The molecule has 2 aliphatic rings. The molecule has 1 aliphatic heterocycles. The molecule has 4 heteroatoms. The van der Waals surface area contributed by atoms with E-state index in [0.717, 1.165) is 38.8 Å². The molecule has 4 nitrogen and oxygen atoms in total. The number of hydrogen-bond donors (Lipinski definition) is 1. The van der Waals surface area contributed by atoms with Crippen molar-refractivity contribution in [2.24, 2.45) is 11.7 Å². The molecule has 1 amide bonds. The number of carbonyl (C=O) groups excluding carboxylic acids is 1. The first kappa shape index (κ1) is 15.6. The third kappa shape index (κ3) is 3.87. The number of nitrogens with two attached hydrogens (primary N) is 1. The molecule has 0 aromatic heterocycles. The van der Waals surface area contributed by atoms with Crippen LogP contribution in [0.3, 0.4) is 0 Å². The molecule has 0 unspecified atom stereocenters. The Morgan fingerprint density at radius 2 is 1.70 bits per heavy atom. The molecule has 0 aromatic rings. The van der Waals surface area contributed by atoms with Crippen LogP contribution >= 0.6 is 0 Å². The summed E-state index contributed by atoms with van der Waals surface area (Å²) in [5.74, 6) is 0.571. The Morgan fingerprint density at radius 1 is 1.15 bits per heavy atom. The molecule has 0 atom stereocenters. The largest absolute Gasteiger partial charge is 0.444 e. The Labute approximate surface area is 123 Å². The minimum Gasteiger partial charge on any atom is -0.444 e. The van der Waals surface area contributed by atoms with E-state index in [1.165, 1.54) is 19.3 Å². The molecular formula is C16H30N2O2. The first-order valence-corrected chi connectivity index (χ1v) is 8.07. The van der Waals surface area contributed by atoms with Crippen LogP contribution in [0.2, 0.25) is 0 Å². The lowest BCUT2D eigenvalue weighted by Gasteiger charge is -2.44. The van der Waals surface area contributed by atoms with Gasteiger partial charge in [-0.2, -0.15) is 0 Å². The lowest BCUT2D eigenvalue weighted by Crippen LogP contribution is -2.53. The van der Waals surface area contributed by atoms with Crippen LogP contribution in [0, 0.1) is 5.92 Å². The topological polar surface area (TPSA) is 55.6 Å². The molecule has 2 fully saturated rings. The van der Waals surface area contributed by atoms with Gasteiger partial charge >= 0.3 is 6.09 Å². The van der Waals surface area contributed by atoms with Gasteiger partial charge in [0.1, 0.15) is 5.60 Å². The maximum Gasteiger partial charge on any atom is 0.410 e. The maximum absolute atomic E-state index is 12.0. The second-order valence-electron chi connectivity index (χ2n) is 7.54.